The topological polar surface area (TPSA) is 89.3 Å². The lowest BCUT2D eigenvalue weighted by molar-refractivity contribution is 0.0943. The Morgan fingerprint density at radius 2 is 2.33 bits per heavy atom. The lowest BCUT2D eigenvalue weighted by atomic mass is 10.3. The molecule has 0 atom stereocenters. The molecule has 7 heteroatoms. The van der Waals surface area contributed by atoms with Gasteiger partial charge in [-0.05, 0) is 24.6 Å². The number of rotatable bonds is 8. The summed E-state index contributed by atoms with van der Waals surface area (Å²) < 4.78 is 10.1. The first kappa shape index (κ1) is 15.0. The minimum Gasteiger partial charge on any atom is -0.467 e. The van der Waals surface area contributed by atoms with Crippen LogP contribution in [0.4, 0.5) is 5.95 Å². The standard InChI is InChI=1S/C14H18N4O3/c1-20-8-3-6-15-13(19)12-5-7-16-14(18-12)17-10-11-4-2-9-21-11/h2,4-5,7,9H,3,6,8,10H2,1H3,(H,15,19)(H,16,17,18). The van der Waals surface area contributed by atoms with E-state index in [2.05, 4.69) is 20.6 Å². The molecule has 0 aliphatic carbocycles. The largest absolute Gasteiger partial charge is 0.467 e. The van der Waals surface area contributed by atoms with Gasteiger partial charge in [-0.1, -0.05) is 0 Å². The number of anilines is 1. The molecule has 2 rings (SSSR count). The number of amides is 1. The average Bonchev–Trinajstić information content (AvgIpc) is 3.03. The van der Waals surface area contributed by atoms with Crippen molar-refractivity contribution in [2.45, 2.75) is 13.0 Å². The SMILES string of the molecule is COCCCNC(=O)c1ccnc(NCc2ccco2)n1. The molecule has 1 amide bonds. The Hall–Kier alpha value is -2.41. The molecule has 7 nitrogen and oxygen atoms in total. The Morgan fingerprint density at radius 3 is 3.10 bits per heavy atom. The van der Waals surface area contributed by atoms with Crippen LogP contribution in [0.3, 0.4) is 0 Å². The molecular weight excluding hydrogens is 272 g/mol. The molecule has 0 saturated heterocycles. The van der Waals surface area contributed by atoms with Gasteiger partial charge < -0.3 is 19.8 Å². The fraction of sp³-hybridized carbons (Fsp3) is 0.357. The summed E-state index contributed by atoms with van der Waals surface area (Å²) in [5.41, 5.74) is 0.323. The average molecular weight is 290 g/mol. The van der Waals surface area contributed by atoms with Gasteiger partial charge in [0.1, 0.15) is 11.5 Å². The highest BCUT2D eigenvalue weighted by molar-refractivity contribution is 5.92. The lowest BCUT2D eigenvalue weighted by Crippen LogP contribution is -2.26. The maximum absolute atomic E-state index is 11.9. The smallest absolute Gasteiger partial charge is 0.270 e. The van der Waals surface area contributed by atoms with Gasteiger partial charge in [0.25, 0.3) is 5.91 Å². The highest BCUT2D eigenvalue weighted by Crippen LogP contribution is 2.05. The summed E-state index contributed by atoms with van der Waals surface area (Å²) >= 11 is 0. The summed E-state index contributed by atoms with van der Waals surface area (Å²) in [6.45, 7) is 1.62. The third-order valence-electron chi connectivity index (χ3n) is 2.70. The van der Waals surface area contributed by atoms with E-state index >= 15 is 0 Å². The maximum Gasteiger partial charge on any atom is 0.270 e. The zero-order valence-corrected chi connectivity index (χ0v) is 11.8. The van der Waals surface area contributed by atoms with E-state index < -0.39 is 0 Å². The Bertz CT molecular complexity index is 557. The van der Waals surface area contributed by atoms with Crippen molar-refractivity contribution < 1.29 is 13.9 Å². The number of carbonyl (C=O) groups excluding carboxylic acids is 1. The van der Waals surface area contributed by atoms with Crippen molar-refractivity contribution in [3.8, 4) is 0 Å². The van der Waals surface area contributed by atoms with Crippen molar-refractivity contribution in [2.24, 2.45) is 0 Å². The van der Waals surface area contributed by atoms with Crippen molar-refractivity contribution in [2.75, 3.05) is 25.6 Å². The van der Waals surface area contributed by atoms with Gasteiger partial charge in [-0.15, -0.1) is 0 Å². The van der Waals surface area contributed by atoms with E-state index in [1.807, 2.05) is 12.1 Å². The van der Waals surface area contributed by atoms with Crippen LogP contribution in [0.15, 0.2) is 35.1 Å². The second kappa shape index (κ2) is 8.01. The molecule has 0 aliphatic heterocycles. The fourth-order valence-corrected chi connectivity index (χ4v) is 1.66. The van der Waals surface area contributed by atoms with Crippen molar-refractivity contribution in [1.29, 1.82) is 0 Å². The van der Waals surface area contributed by atoms with E-state index in [0.29, 0.717) is 31.3 Å². The Morgan fingerprint density at radius 1 is 1.43 bits per heavy atom. The van der Waals surface area contributed by atoms with Gasteiger partial charge in [-0.25, -0.2) is 9.97 Å². The second-order valence-electron chi connectivity index (χ2n) is 4.30. The van der Waals surface area contributed by atoms with E-state index in [1.54, 1.807) is 25.6 Å². The van der Waals surface area contributed by atoms with E-state index in [9.17, 15) is 4.79 Å². The quantitative estimate of drug-likeness (QED) is 0.715. The van der Waals surface area contributed by atoms with E-state index in [0.717, 1.165) is 12.2 Å². The predicted molar refractivity (Wildman–Crippen MR) is 76.9 cm³/mol. The highest BCUT2D eigenvalue weighted by atomic mass is 16.5. The third-order valence-corrected chi connectivity index (χ3v) is 2.70. The molecule has 0 spiro atoms. The lowest BCUT2D eigenvalue weighted by Gasteiger charge is -2.06. The van der Waals surface area contributed by atoms with Crippen molar-refractivity contribution >= 4 is 11.9 Å². The van der Waals surface area contributed by atoms with Crippen LogP contribution in [0, 0.1) is 0 Å². The summed E-state index contributed by atoms with van der Waals surface area (Å²) in [4.78, 5) is 20.1. The number of furan rings is 1. The van der Waals surface area contributed by atoms with Crippen LogP contribution in [-0.4, -0.2) is 36.1 Å². The second-order valence-corrected chi connectivity index (χ2v) is 4.30. The molecule has 21 heavy (non-hydrogen) atoms. The van der Waals surface area contributed by atoms with Crippen molar-refractivity contribution in [3.63, 3.8) is 0 Å². The van der Waals surface area contributed by atoms with Crippen LogP contribution >= 0.6 is 0 Å². The Labute approximate surface area is 122 Å². The fourth-order valence-electron chi connectivity index (χ4n) is 1.66. The number of hydrogen-bond acceptors (Lipinski definition) is 6. The Balaban J connectivity index is 1.86. The van der Waals surface area contributed by atoms with E-state index in [1.165, 1.54) is 0 Å². The number of nitrogens with zero attached hydrogens (tertiary/aromatic N) is 2. The molecule has 0 aromatic carbocycles. The number of hydrogen-bond donors (Lipinski definition) is 2. The van der Waals surface area contributed by atoms with Gasteiger partial charge in [0, 0.05) is 26.5 Å². The normalized spacial score (nSPS) is 10.3. The summed E-state index contributed by atoms with van der Waals surface area (Å²) in [7, 11) is 1.63. The molecule has 0 fully saturated rings. The van der Waals surface area contributed by atoms with Gasteiger partial charge in [0.05, 0.1) is 12.8 Å². The third kappa shape index (κ3) is 4.88. The van der Waals surface area contributed by atoms with Crippen LogP contribution in [0.5, 0.6) is 0 Å². The molecule has 0 saturated carbocycles. The van der Waals surface area contributed by atoms with Crippen LogP contribution in [0.2, 0.25) is 0 Å². The first-order chi connectivity index (χ1) is 10.3. The molecule has 2 heterocycles. The minimum absolute atomic E-state index is 0.227. The van der Waals surface area contributed by atoms with Crippen LogP contribution in [0.25, 0.3) is 0 Å². The van der Waals surface area contributed by atoms with Crippen LogP contribution < -0.4 is 10.6 Å². The van der Waals surface area contributed by atoms with Crippen LogP contribution in [0.1, 0.15) is 22.7 Å². The molecule has 0 unspecified atom stereocenters. The highest BCUT2D eigenvalue weighted by Gasteiger charge is 2.08. The summed E-state index contributed by atoms with van der Waals surface area (Å²) in [5.74, 6) is 0.929. The zero-order chi connectivity index (χ0) is 14.9. The maximum atomic E-state index is 11.9. The molecule has 112 valence electrons. The number of carbonyl (C=O) groups is 1. The molecule has 2 aromatic heterocycles. The van der Waals surface area contributed by atoms with Crippen molar-refractivity contribution in [1.82, 2.24) is 15.3 Å². The first-order valence-corrected chi connectivity index (χ1v) is 6.66. The van der Waals surface area contributed by atoms with Gasteiger partial charge in [-0.3, -0.25) is 4.79 Å². The monoisotopic (exact) mass is 290 g/mol. The Kier molecular flexibility index (Phi) is 5.71. The number of aromatic nitrogens is 2. The number of nitrogens with one attached hydrogen (secondary N) is 2. The van der Waals surface area contributed by atoms with Gasteiger partial charge in [0.2, 0.25) is 5.95 Å². The zero-order valence-electron chi connectivity index (χ0n) is 11.8. The molecular formula is C14H18N4O3. The summed E-state index contributed by atoms with van der Waals surface area (Å²) in [6.07, 6.45) is 3.90. The molecule has 2 N–H and O–H groups in total. The van der Waals surface area contributed by atoms with Gasteiger partial charge >= 0.3 is 0 Å². The summed E-state index contributed by atoms with van der Waals surface area (Å²) in [5, 5.41) is 5.78. The minimum atomic E-state index is -0.227. The predicted octanol–water partition coefficient (Wildman–Crippen LogP) is 1.45. The molecule has 0 radical (unpaired) electrons. The molecule has 0 bridgehead atoms. The van der Waals surface area contributed by atoms with Crippen molar-refractivity contribution in [3.05, 3.63) is 42.1 Å². The number of ether oxygens (including phenoxy) is 1. The van der Waals surface area contributed by atoms with E-state index in [4.69, 9.17) is 9.15 Å². The summed E-state index contributed by atoms with van der Waals surface area (Å²) in [6, 6.07) is 5.23. The number of methoxy groups -OCH3 is 1. The first-order valence-electron chi connectivity index (χ1n) is 6.66. The van der Waals surface area contributed by atoms with E-state index in [-0.39, 0.29) is 5.91 Å². The van der Waals surface area contributed by atoms with Crippen LogP contribution in [-0.2, 0) is 11.3 Å². The molecule has 0 aliphatic rings. The van der Waals surface area contributed by atoms with Gasteiger partial charge in [0.15, 0.2) is 0 Å². The molecule has 2 aromatic rings. The van der Waals surface area contributed by atoms with Gasteiger partial charge in [-0.2, -0.15) is 0 Å².